The van der Waals surface area contributed by atoms with Crippen molar-refractivity contribution in [2.45, 2.75) is 90.3 Å². The van der Waals surface area contributed by atoms with Crippen LogP contribution in [0.3, 0.4) is 0 Å². The number of aromatic nitrogens is 1. The summed E-state index contributed by atoms with van der Waals surface area (Å²) in [5, 5.41) is 19.7. The third kappa shape index (κ3) is 9.08. The van der Waals surface area contributed by atoms with Gasteiger partial charge in [0.1, 0.15) is 42.6 Å². The lowest BCUT2D eigenvalue weighted by Crippen LogP contribution is -2.46. The molecule has 3 saturated heterocycles. The van der Waals surface area contributed by atoms with E-state index in [9.17, 15) is 15.2 Å². The van der Waals surface area contributed by atoms with E-state index in [2.05, 4.69) is 60.1 Å². The Labute approximate surface area is 328 Å². The summed E-state index contributed by atoms with van der Waals surface area (Å²) in [7, 11) is 0. The number of piperidine rings is 1. The second-order valence-electron chi connectivity index (χ2n) is 14.9. The lowest BCUT2D eigenvalue weighted by atomic mass is 9.93. The Hall–Kier alpha value is -4.66. The van der Waals surface area contributed by atoms with Gasteiger partial charge in [0.25, 0.3) is 0 Å². The van der Waals surface area contributed by atoms with Crippen molar-refractivity contribution < 1.29 is 28.8 Å². The largest absolute Gasteiger partial charge is 0.493 e. The van der Waals surface area contributed by atoms with E-state index in [0.29, 0.717) is 60.3 Å². The number of carboxylic acid groups (broad SMARTS) is 1. The molecule has 3 aliphatic rings. The number of pyridine rings is 1. The topological polar surface area (TPSA) is 117 Å². The highest BCUT2D eigenvalue weighted by Crippen LogP contribution is 2.38. The zero-order chi connectivity index (χ0) is 38.3. The molecule has 3 atom stereocenters. The predicted octanol–water partition coefficient (Wildman–Crippen LogP) is 8.12. The van der Waals surface area contributed by atoms with E-state index >= 15 is 0 Å². The van der Waals surface area contributed by atoms with Crippen LogP contribution in [0.15, 0.2) is 67.0 Å². The van der Waals surface area contributed by atoms with Crippen molar-refractivity contribution in [3.63, 3.8) is 0 Å². The van der Waals surface area contributed by atoms with Gasteiger partial charge < -0.3 is 24.1 Å². The number of likely N-dealkylation sites (tertiary alicyclic amines) is 1. The molecule has 3 aliphatic heterocycles. The molecule has 3 aromatic carbocycles. The van der Waals surface area contributed by atoms with Gasteiger partial charge in [-0.1, -0.05) is 48.4 Å². The molecule has 3 fully saturated rings. The summed E-state index contributed by atoms with van der Waals surface area (Å²) in [5.41, 5.74) is 7.39. The Kier molecular flexibility index (Phi) is 12.5. The molecule has 4 heterocycles. The number of hydrogen-bond donors (Lipinski definition) is 1. The Morgan fingerprint density at radius 3 is 2.45 bits per heavy atom. The number of benzene rings is 3. The molecule has 0 spiro atoms. The number of halogens is 1. The Balaban J connectivity index is 1.06. The van der Waals surface area contributed by atoms with E-state index in [-0.39, 0.29) is 13.2 Å². The van der Waals surface area contributed by atoms with Crippen molar-refractivity contribution in [3.05, 3.63) is 105 Å². The Morgan fingerprint density at radius 2 is 1.67 bits per heavy atom. The second kappa shape index (κ2) is 17.9. The van der Waals surface area contributed by atoms with Gasteiger partial charge in [-0.3, -0.25) is 19.6 Å². The molecular weight excluding hydrogens is 716 g/mol. The lowest BCUT2D eigenvalue weighted by Gasteiger charge is -2.34. The fraction of sp³-hybridized carbons (Fsp3) is 0.432. The predicted molar refractivity (Wildman–Crippen MR) is 211 cm³/mol. The monoisotopic (exact) mass is 764 g/mol. The average Bonchev–Trinajstić information content (AvgIpc) is 3.40. The SMILES string of the molecule is Cc1c(COc2cc(OCc3cncc(C#N)c3)c(CN3CCCC[C@H]3C(=O)O)cc2Cl)cccc1-c1cccc(OCCCN2[C@@H]3CC[C@H]2COC3)c1C. The maximum absolute atomic E-state index is 12.1. The first-order chi connectivity index (χ1) is 26.8. The van der Waals surface area contributed by atoms with Crippen LogP contribution in [0.4, 0.5) is 0 Å². The van der Waals surface area contributed by atoms with Crippen molar-refractivity contribution in [1.82, 2.24) is 14.8 Å². The van der Waals surface area contributed by atoms with Crippen LogP contribution >= 0.6 is 11.6 Å². The van der Waals surface area contributed by atoms with E-state index in [1.807, 2.05) is 17.0 Å². The van der Waals surface area contributed by atoms with E-state index < -0.39 is 12.0 Å². The summed E-state index contributed by atoms with van der Waals surface area (Å²) in [5.74, 6) is 1.06. The normalized spacial score (nSPS) is 19.9. The van der Waals surface area contributed by atoms with Crippen molar-refractivity contribution in [3.8, 4) is 34.4 Å². The summed E-state index contributed by atoms with van der Waals surface area (Å²) in [6.45, 7) is 9.10. The average molecular weight is 765 g/mol. The van der Waals surface area contributed by atoms with E-state index in [1.165, 1.54) is 19.0 Å². The number of ether oxygens (including phenoxy) is 4. The van der Waals surface area contributed by atoms with Gasteiger partial charge in [0.05, 0.1) is 30.4 Å². The number of rotatable bonds is 15. The standard InChI is InChI=1S/C44H49ClN4O6/c1-29-33(8-5-9-37(29)38-10-6-12-41(30(38)2)53-17-7-16-49-35-13-14-36(49)28-52-27-35)26-55-43-20-42(54-25-32-18-31(21-46)22-47-23-32)34(19-39(43)45)24-48-15-4-3-11-40(48)44(50)51/h5-6,8-10,12,18-20,22-23,35-36,40H,3-4,7,11,13-17,24-28H2,1-2H3,(H,50,51)/t35-,36+,40-/m0/s1. The fourth-order valence-corrected chi connectivity index (χ4v) is 8.51. The smallest absolute Gasteiger partial charge is 0.320 e. The third-order valence-electron chi connectivity index (χ3n) is 11.3. The molecule has 0 amide bonds. The molecule has 288 valence electrons. The molecule has 1 N–H and O–H groups in total. The number of nitrogens with zero attached hydrogens (tertiary/aromatic N) is 4. The Morgan fingerprint density at radius 1 is 0.909 bits per heavy atom. The molecule has 7 rings (SSSR count). The molecule has 0 unspecified atom stereocenters. The van der Waals surface area contributed by atoms with Gasteiger partial charge >= 0.3 is 5.97 Å². The minimum absolute atomic E-state index is 0.164. The summed E-state index contributed by atoms with van der Waals surface area (Å²) in [4.78, 5) is 20.8. The first kappa shape index (κ1) is 38.6. The van der Waals surface area contributed by atoms with Crippen LogP contribution in [-0.2, 0) is 29.3 Å². The van der Waals surface area contributed by atoms with Crippen molar-refractivity contribution in [1.29, 1.82) is 5.26 Å². The quantitative estimate of drug-likeness (QED) is 0.119. The number of carbonyl (C=O) groups is 1. The fourth-order valence-electron chi connectivity index (χ4n) is 8.27. The van der Waals surface area contributed by atoms with Gasteiger partial charge in [0, 0.05) is 54.8 Å². The number of carboxylic acids is 1. The van der Waals surface area contributed by atoms with E-state index in [0.717, 1.165) is 83.7 Å². The van der Waals surface area contributed by atoms with Crippen LogP contribution in [-0.4, -0.2) is 76.9 Å². The molecule has 55 heavy (non-hydrogen) atoms. The molecule has 0 aliphatic carbocycles. The number of morpholine rings is 1. The molecule has 0 saturated carbocycles. The van der Waals surface area contributed by atoms with Crippen LogP contribution in [0, 0.1) is 25.2 Å². The van der Waals surface area contributed by atoms with Crippen LogP contribution in [0.5, 0.6) is 17.2 Å². The van der Waals surface area contributed by atoms with Crippen LogP contribution in [0.1, 0.15) is 71.9 Å². The van der Waals surface area contributed by atoms with E-state index in [1.54, 1.807) is 18.3 Å². The first-order valence-electron chi connectivity index (χ1n) is 19.3. The minimum atomic E-state index is -0.828. The molecule has 10 nitrogen and oxygen atoms in total. The molecular formula is C44H49ClN4O6. The van der Waals surface area contributed by atoms with E-state index in [4.69, 9.17) is 30.5 Å². The maximum Gasteiger partial charge on any atom is 0.320 e. The van der Waals surface area contributed by atoms with Crippen molar-refractivity contribution in [2.75, 3.05) is 32.9 Å². The summed E-state index contributed by atoms with van der Waals surface area (Å²) < 4.78 is 24.8. The third-order valence-corrected chi connectivity index (χ3v) is 11.6. The van der Waals surface area contributed by atoms with Gasteiger partial charge in [-0.2, -0.15) is 5.26 Å². The first-order valence-corrected chi connectivity index (χ1v) is 19.7. The molecule has 2 bridgehead atoms. The maximum atomic E-state index is 12.1. The van der Waals surface area contributed by atoms with Gasteiger partial charge in [-0.15, -0.1) is 0 Å². The highest BCUT2D eigenvalue weighted by Gasteiger charge is 2.36. The number of aliphatic carboxylic acids is 1. The van der Waals surface area contributed by atoms with Crippen LogP contribution in [0.25, 0.3) is 11.1 Å². The zero-order valence-corrected chi connectivity index (χ0v) is 32.4. The van der Waals surface area contributed by atoms with Crippen LogP contribution in [0.2, 0.25) is 5.02 Å². The van der Waals surface area contributed by atoms with Gasteiger partial charge in [0.15, 0.2) is 0 Å². The zero-order valence-electron chi connectivity index (χ0n) is 31.6. The number of fused-ring (bicyclic) bond motifs is 2. The lowest BCUT2D eigenvalue weighted by molar-refractivity contribution is -0.144. The summed E-state index contributed by atoms with van der Waals surface area (Å²) >= 11 is 6.88. The van der Waals surface area contributed by atoms with Gasteiger partial charge in [0.2, 0.25) is 0 Å². The molecule has 11 heteroatoms. The van der Waals surface area contributed by atoms with Gasteiger partial charge in [-0.05, 0) is 98.5 Å². The number of hydrogen-bond acceptors (Lipinski definition) is 9. The molecule has 0 radical (unpaired) electrons. The van der Waals surface area contributed by atoms with Crippen molar-refractivity contribution in [2.24, 2.45) is 0 Å². The molecule has 1 aromatic heterocycles. The second-order valence-corrected chi connectivity index (χ2v) is 15.3. The highest BCUT2D eigenvalue weighted by molar-refractivity contribution is 6.32. The van der Waals surface area contributed by atoms with Crippen LogP contribution < -0.4 is 14.2 Å². The highest BCUT2D eigenvalue weighted by atomic mass is 35.5. The summed E-state index contributed by atoms with van der Waals surface area (Å²) in [6.07, 6.45) is 9.01. The Bertz CT molecular complexity index is 2020. The van der Waals surface area contributed by atoms with Gasteiger partial charge in [-0.25, -0.2) is 0 Å². The number of nitriles is 1. The summed E-state index contributed by atoms with van der Waals surface area (Å²) in [6, 6.07) is 20.5. The molecule has 4 aromatic rings. The van der Waals surface area contributed by atoms with Crippen molar-refractivity contribution >= 4 is 17.6 Å². The minimum Gasteiger partial charge on any atom is -0.493 e.